The Hall–Kier alpha value is -1.60. The average molecular weight is 308 g/mol. The fourth-order valence-corrected chi connectivity index (χ4v) is 3.84. The maximum Gasteiger partial charge on any atom is 0.223 e. The highest BCUT2D eigenvalue weighted by molar-refractivity contribution is 7.17. The van der Waals surface area contributed by atoms with E-state index in [0.717, 1.165) is 17.8 Å². The van der Waals surface area contributed by atoms with Gasteiger partial charge in [-0.15, -0.1) is 0 Å². The lowest BCUT2D eigenvalue weighted by molar-refractivity contribution is -0.130. The topological polar surface area (TPSA) is 85.4 Å². The Kier molecular flexibility index (Phi) is 3.86. The highest BCUT2D eigenvalue weighted by Gasteiger charge is 2.39. The van der Waals surface area contributed by atoms with Crippen LogP contribution in [0.25, 0.3) is 0 Å². The van der Waals surface area contributed by atoms with Crippen molar-refractivity contribution in [3.8, 4) is 0 Å². The van der Waals surface area contributed by atoms with Gasteiger partial charge in [0, 0.05) is 13.5 Å². The van der Waals surface area contributed by atoms with Crippen LogP contribution in [0.1, 0.15) is 41.6 Å². The fraction of sp³-hybridized carbons (Fsp3) is 0.571. The van der Waals surface area contributed by atoms with Gasteiger partial charge in [-0.2, -0.15) is 0 Å². The molecule has 1 aromatic rings. The number of fused-ring (bicyclic) bond motifs is 1. The molecule has 1 unspecified atom stereocenters. The zero-order chi connectivity index (χ0) is 15.0. The zero-order valence-corrected chi connectivity index (χ0v) is 12.5. The molecule has 0 spiro atoms. The third-order valence-corrected chi connectivity index (χ3v) is 4.81. The van der Waals surface area contributed by atoms with Crippen molar-refractivity contribution < 1.29 is 19.1 Å². The van der Waals surface area contributed by atoms with E-state index in [1.54, 1.807) is 0 Å². The summed E-state index contributed by atoms with van der Waals surface area (Å²) >= 11 is 1.15. The van der Waals surface area contributed by atoms with Crippen molar-refractivity contribution in [2.45, 2.75) is 38.7 Å². The Labute approximate surface area is 125 Å². The molecule has 1 aliphatic heterocycles. The number of hydrogen-bond donors (Lipinski definition) is 1. The summed E-state index contributed by atoms with van der Waals surface area (Å²) in [5.74, 6) is -1.12. The number of carbonyl (C=O) groups is 3. The first-order valence-electron chi connectivity index (χ1n) is 7.03. The van der Waals surface area contributed by atoms with E-state index < -0.39 is 12.0 Å². The van der Waals surface area contributed by atoms with Crippen LogP contribution in [-0.4, -0.2) is 35.2 Å². The van der Waals surface area contributed by atoms with Gasteiger partial charge in [-0.3, -0.25) is 14.4 Å². The number of aryl methyl sites for hydroxylation is 1. The third-order valence-electron chi connectivity index (χ3n) is 3.78. The van der Waals surface area contributed by atoms with Gasteiger partial charge in [-0.05, 0) is 25.7 Å². The third kappa shape index (κ3) is 2.75. The van der Waals surface area contributed by atoms with Gasteiger partial charge in [0.25, 0.3) is 0 Å². The van der Waals surface area contributed by atoms with Crippen molar-refractivity contribution in [3.63, 3.8) is 0 Å². The molecule has 7 heteroatoms. The van der Waals surface area contributed by atoms with Gasteiger partial charge in [0.15, 0.2) is 16.7 Å². The quantitative estimate of drug-likeness (QED) is 0.857. The van der Waals surface area contributed by atoms with Crippen LogP contribution in [0.15, 0.2) is 0 Å². The number of hydrogen-bond acceptors (Lipinski definition) is 6. The molecule has 112 valence electrons. The van der Waals surface area contributed by atoms with E-state index in [4.69, 9.17) is 4.74 Å². The number of ether oxygens (including phenoxy) is 1. The first kappa shape index (κ1) is 14.3. The van der Waals surface area contributed by atoms with Gasteiger partial charge in [0.2, 0.25) is 5.91 Å². The maximum atomic E-state index is 12.5. The first-order chi connectivity index (χ1) is 10.1. The number of carbonyl (C=O) groups excluding carboxylic acids is 3. The number of amides is 1. The lowest BCUT2D eigenvalue weighted by Crippen LogP contribution is -2.35. The lowest BCUT2D eigenvalue weighted by atomic mass is 9.84. The minimum atomic E-state index is -0.619. The monoisotopic (exact) mass is 308 g/mol. The summed E-state index contributed by atoms with van der Waals surface area (Å²) in [5.41, 5.74) is 0.685. The minimum Gasteiger partial charge on any atom is -0.370 e. The summed E-state index contributed by atoms with van der Waals surface area (Å²) in [7, 11) is 0. The number of Topliss-reactive ketones (excluding diaryl/α,β-unsaturated/α-hetero) is 2. The van der Waals surface area contributed by atoms with Gasteiger partial charge >= 0.3 is 0 Å². The first-order valence-corrected chi connectivity index (χ1v) is 7.84. The zero-order valence-electron chi connectivity index (χ0n) is 11.7. The molecule has 3 rings (SSSR count). The number of nitrogens with zero attached hydrogens (tertiary/aromatic N) is 1. The molecular formula is C14H16N2O4S. The van der Waals surface area contributed by atoms with E-state index in [9.17, 15) is 14.4 Å². The van der Waals surface area contributed by atoms with E-state index in [0.29, 0.717) is 41.6 Å². The van der Waals surface area contributed by atoms with E-state index in [2.05, 4.69) is 10.3 Å². The smallest absolute Gasteiger partial charge is 0.223 e. The Morgan fingerprint density at radius 1 is 1.38 bits per heavy atom. The Morgan fingerprint density at radius 2 is 2.19 bits per heavy atom. The van der Waals surface area contributed by atoms with Crippen molar-refractivity contribution in [1.29, 1.82) is 0 Å². The summed E-state index contributed by atoms with van der Waals surface area (Å²) in [6.45, 7) is 1.99. The molecule has 1 N–H and O–H groups in total. The number of anilines is 1. The molecule has 1 fully saturated rings. The van der Waals surface area contributed by atoms with Crippen LogP contribution in [0, 0.1) is 5.92 Å². The van der Waals surface area contributed by atoms with Gasteiger partial charge in [-0.1, -0.05) is 11.3 Å². The highest BCUT2D eigenvalue weighted by Crippen LogP contribution is 2.34. The van der Waals surface area contributed by atoms with Crippen LogP contribution in [0.3, 0.4) is 0 Å². The second kappa shape index (κ2) is 5.65. The highest BCUT2D eigenvalue weighted by atomic mass is 32.1. The number of rotatable bonds is 3. The summed E-state index contributed by atoms with van der Waals surface area (Å²) in [6, 6.07) is 0. The summed E-state index contributed by atoms with van der Waals surface area (Å²) < 4.78 is 5.39. The molecule has 0 radical (unpaired) electrons. The van der Waals surface area contributed by atoms with Crippen LogP contribution < -0.4 is 5.32 Å². The Balaban J connectivity index is 1.79. The Bertz CT molecular complexity index is 604. The van der Waals surface area contributed by atoms with Gasteiger partial charge < -0.3 is 10.1 Å². The van der Waals surface area contributed by atoms with Gasteiger partial charge in [0.05, 0.1) is 16.5 Å². The molecule has 2 atom stereocenters. The summed E-state index contributed by atoms with van der Waals surface area (Å²) in [6.07, 6.45) is 2.21. The normalized spacial score (nSPS) is 24.7. The van der Waals surface area contributed by atoms with Crippen molar-refractivity contribution in [2.75, 3.05) is 11.9 Å². The molecule has 0 aromatic carbocycles. The van der Waals surface area contributed by atoms with Crippen molar-refractivity contribution in [3.05, 3.63) is 10.6 Å². The predicted octanol–water partition coefficient (Wildman–Crippen LogP) is 1.59. The molecule has 0 bridgehead atoms. The minimum absolute atomic E-state index is 0.0994. The van der Waals surface area contributed by atoms with Crippen LogP contribution in [0.2, 0.25) is 0 Å². The fourth-order valence-electron chi connectivity index (χ4n) is 2.79. The molecule has 6 nitrogen and oxygen atoms in total. The largest absolute Gasteiger partial charge is 0.370 e. The van der Waals surface area contributed by atoms with Crippen molar-refractivity contribution >= 4 is 33.9 Å². The number of aromatic nitrogens is 1. The van der Waals surface area contributed by atoms with Crippen LogP contribution in [0.5, 0.6) is 0 Å². The Morgan fingerprint density at radius 3 is 2.86 bits per heavy atom. The van der Waals surface area contributed by atoms with Gasteiger partial charge in [0.1, 0.15) is 6.10 Å². The molecular weight excluding hydrogens is 292 g/mol. The van der Waals surface area contributed by atoms with E-state index in [1.807, 2.05) is 0 Å². The molecule has 21 heavy (non-hydrogen) atoms. The molecule has 1 aromatic heterocycles. The molecule has 2 aliphatic rings. The molecule has 0 saturated carbocycles. The van der Waals surface area contributed by atoms with Crippen LogP contribution in [0.4, 0.5) is 5.13 Å². The molecule has 1 amide bonds. The number of thiazole rings is 1. The predicted molar refractivity (Wildman–Crippen MR) is 76.5 cm³/mol. The summed E-state index contributed by atoms with van der Waals surface area (Å²) in [5, 5.41) is 3.01. The number of ketones is 2. The molecule has 1 saturated heterocycles. The van der Waals surface area contributed by atoms with Crippen LogP contribution >= 0.6 is 11.3 Å². The van der Waals surface area contributed by atoms with Gasteiger partial charge in [-0.25, -0.2) is 4.98 Å². The molecule has 1 aliphatic carbocycles. The van der Waals surface area contributed by atoms with E-state index >= 15 is 0 Å². The SMILES string of the molecule is CC(=O)Nc1nc2c(s1)C(=O)C(C(=O)[C@@H]1CCCO1)CC2. The molecule has 2 heterocycles. The number of nitrogens with one attached hydrogen (secondary N) is 1. The standard InChI is InChI=1S/C14H16N2O4S/c1-7(17)15-14-16-9-5-4-8(12(19)13(9)21-14)11(18)10-3-2-6-20-10/h8,10H,2-6H2,1H3,(H,15,16,17)/t8?,10-/m0/s1. The lowest BCUT2D eigenvalue weighted by Gasteiger charge is -2.21. The van der Waals surface area contributed by atoms with Crippen molar-refractivity contribution in [1.82, 2.24) is 4.98 Å². The van der Waals surface area contributed by atoms with E-state index in [1.165, 1.54) is 6.92 Å². The summed E-state index contributed by atoms with van der Waals surface area (Å²) in [4.78, 5) is 40.7. The average Bonchev–Trinajstić information content (AvgIpc) is 3.06. The second-order valence-corrected chi connectivity index (χ2v) is 6.33. The maximum absolute atomic E-state index is 12.5. The van der Waals surface area contributed by atoms with E-state index in [-0.39, 0.29) is 17.5 Å². The van der Waals surface area contributed by atoms with Crippen molar-refractivity contribution in [2.24, 2.45) is 5.92 Å². The second-order valence-electron chi connectivity index (χ2n) is 5.34. The van der Waals surface area contributed by atoms with Crippen LogP contribution in [-0.2, 0) is 20.7 Å².